The number of unbranched alkanes of at least 4 members (excludes halogenated alkanes) is 2. The Kier molecular flexibility index (Phi) is 6.13. The first kappa shape index (κ1) is 17.4. The normalized spacial score (nSPS) is 16.7. The minimum absolute atomic E-state index is 0.0189. The van der Waals surface area contributed by atoms with E-state index in [0.717, 1.165) is 25.7 Å². The fraction of sp³-hybridized carbons (Fsp3) is 0.556. The maximum Gasteiger partial charge on any atom is 0.230 e. The van der Waals surface area contributed by atoms with Gasteiger partial charge < -0.3 is 10.2 Å². The average Bonchev–Trinajstić information content (AvgIpc) is 2.53. The van der Waals surface area contributed by atoms with E-state index in [1.165, 1.54) is 12.1 Å². The Morgan fingerprint density at radius 3 is 2.52 bits per heavy atom. The molecule has 0 fully saturated rings. The van der Waals surface area contributed by atoms with E-state index < -0.39 is 11.7 Å². The highest BCUT2D eigenvalue weighted by Gasteiger charge is 2.33. The molecule has 1 aliphatic rings. The fourth-order valence-electron chi connectivity index (χ4n) is 2.91. The van der Waals surface area contributed by atoms with Gasteiger partial charge in [-0.3, -0.25) is 9.59 Å². The van der Waals surface area contributed by atoms with Gasteiger partial charge >= 0.3 is 0 Å². The monoisotopic (exact) mass is 320 g/mol. The van der Waals surface area contributed by atoms with Crippen molar-refractivity contribution < 1.29 is 14.0 Å². The highest BCUT2D eigenvalue weighted by atomic mass is 19.1. The molecule has 1 N–H and O–H groups in total. The Balaban J connectivity index is 2.24. The van der Waals surface area contributed by atoms with E-state index in [-0.39, 0.29) is 18.2 Å². The molecule has 5 heteroatoms. The summed E-state index contributed by atoms with van der Waals surface area (Å²) < 4.78 is 13.4. The van der Waals surface area contributed by atoms with Gasteiger partial charge in [-0.1, -0.05) is 32.8 Å². The van der Waals surface area contributed by atoms with Gasteiger partial charge in [-0.2, -0.15) is 0 Å². The number of hydrogen-bond donors (Lipinski definition) is 1. The number of fused-ring (bicyclic) bond motifs is 1. The molecule has 1 aromatic rings. The number of rotatable bonds is 7. The Morgan fingerprint density at radius 2 is 1.91 bits per heavy atom. The molecule has 1 atom stereocenters. The van der Waals surface area contributed by atoms with Crippen LogP contribution in [0.5, 0.6) is 0 Å². The smallest absolute Gasteiger partial charge is 0.230 e. The van der Waals surface area contributed by atoms with Gasteiger partial charge in [0.15, 0.2) is 0 Å². The van der Waals surface area contributed by atoms with Gasteiger partial charge in [0.1, 0.15) is 5.82 Å². The van der Waals surface area contributed by atoms with Crippen molar-refractivity contribution in [2.45, 2.75) is 51.9 Å². The lowest BCUT2D eigenvalue weighted by molar-refractivity contribution is -0.135. The van der Waals surface area contributed by atoms with Crippen molar-refractivity contribution in [1.82, 2.24) is 4.90 Å². The van der Waals surface area contributed by atoms with E-state index in [0.29, 0.717) is 24.3 Å². The van der Waals surface area contributed by atoms with E-state index in [4.69, 9.17) is 0 Å². The molecule has 2 rings (SSSR count). The molecule has 0 spiro atoms. The lowest BCUT2D eigenvalue weighted by Gasteiger charge is -2.31. The Morgan fingerprint density at radius 1 is 1.26 bits per heavy atom. The average molecular weight is 320 g/mol. The summed E-state index contributed by atoms with van der Waals surface area (Å²) in [6, 6.07) is 4.25. The molecule has 2 amide bonds. The summed E-state index contributed by atoms with van der Waals surface area (Å²) in [5.41, 5.74) is 1.14. The summed E-state index contributed by atoms with van der Waals surface area (Å²) >= 11 is 0. The maximum absolute atomic E-state index is 13.4. The zero-order valence-corrected chi connectivity index (χ0v) is 13.9. The van der Waals surface area contributed by atoms with Gasteiger partial charge in [0, 0.05) is 25.2 Å². The van der Waals surface area contributed by atoms with Crippen LogP contribution in [0.4, 0.5) is 10.1 Å². The summed E-state index contributed by atoms with van der Waals surface area (Å²) in [5, 5.41) is 2.66. The van der Waals surface area contributed by atoms with Gasteiger partial charge in [-0.05, 0) is 30.5 Å². The number of benzene rings is 1. The van der Waals surface area contributed by atoms with Crippen LogP contribution in [0, 0.1) is 5.82 Å². The van der Waals surface area contributed by atoms with Crippen LogP contribution in [0.1, 0.15) is 57.4 Å². The molecular weight excluding hydrogens is 295 g/mol. The molecule has 1 aliphatic heterocycles. The van der Waals surface area contributed by atoms with Crippen molar-refractivity contribution >= 4 is 17.5 Å². The number of amides is 2. The van der Waals surface area contributed by atoms with Crippen LogP contribution >= 0.6 is 0 Å². The topological polar surface area (TPSA) is 49.4 Å². The van der Waals surface area contributed by atoms with Gasteiger partial charge in [0.05, 0.1) is 5.92 Å². The first-order valence-electron chi connectivity index (χ1n) is 8.44. The summed E-state index contributed by atoms with van der Waals surface area (Å²) in [6.45, 7) is 5.61. The third kappa shape index (κ3) is 4.30. The van der Waals surface area contributed by atoms with Crippen molar-refractivity contribution in [2.75, 3.05) is 18.4 Å². The number of hydrogen-bond acceptors (Lipinski definition) is 2. The Bertz CT molecular complexity index is 566. The van der Waals surface area contributed by atoms with E-state index in [1.54, 1.807) is 6.07 Å². The summed E-state index contributed by atoms with van der Waals surface area (Å²) in [6.07, 6.45) is 4.06. The standard InChI is InChI=1S/C18H25FN2O2/c1-3-5-9-21(10-6-4-2)18(23)15-12-17(22)20-16-11-13(19)7-8-14(15)16/h7-8,11,15H,3-6,9-10,12H2,1-2H3,(H,20,22). The minimum Gasteiger partial charge on any atom is -0.342 e. The SMILES string of the molecule is CCCCN(CCCC)C(=O)C1CC(=O)Nc2cc(F)ccc21. The van der Waals surface area contributed by atoms with E-state index in [2.05, 4.69) is 19.2 Å². The van der Waals surface area contributed by atoms with E-state index in [9.17, 15) is 14.0 Å². The Labute approximate surface area is 137 Å². The number of halogens is 1. The molecule has 126 valence electrons. The fourth-order valence-corrected chi connectivity index (χ4v) is 2.91. The van der Waals surface area contributed by atoms with Crippen LogP contribution < -0.4 is 5.32 Å². The second kappa shape index (κ2) is 8.09. The molecular formula is C18H25FN2O2. The first-order chi connectivity index (χ1) is 11.1. The molecule has 0 saturated heterocycles. The number of anilines is 1. The van der Waals surface area contributed by atoms with E-state index >= 15 is 0 Å². The number of carbonyl (C=O) groups excluding carboxylic acids is 2. The van der Waals surface area contributed by atoms with Crippen molar-refractivity contribution in [1.29, 1.82) is 0 Å². The van der Waals surface area contributed by atoms with Crippen LogP contribution in [0.15, 0.2) is 18.2 Å². The van der Waals surface area contributed by atoms with Crippen molar-refractivity contribution in [2.24, 2.45) is 0 Å². The predicted molar refractivity (Wildman–Crippen MR) is 88.8 cm³/mol. The molecule has 0 aliphatic carbocycles. The third-order valence-electron chi connectivity index (χ3n) is 4.23. The predicted octanol–water partition coefficient (Wildman–Crippen LogP) is 3.68. The minimum atomic E-state index is -0.506. The lowest BCUT2D eigenvalue weighted by Crippen LogP contribution is -2.39. The third-order valence-corrected chi connectivity index (χ3v) is 4.23. The summed E-state index contributed by atoms with van der Waals surface area (Å²) in [7, 11) is 0. The Hall–Kier alpha value is -1.91. The molecule has 4 nitrogen and oxygen atoms in total. The summed E-state index contributed by atoms with van der Waals surface area (Å²) in [5.74, 6) is -1.17. The molecule has 0 saturated carbocycles. The van der Waals surface area contributed by atoms with E-state index in [1.807, 2.05) is 4.90 Å². The first-order valence-corrected chi connectivity index (χ1v) is 8.44. The number of nitrogens with one attached hydrogen (secondary N) is 1. The zero-order valence-electron chi connectivity index (χ0n) is 13.9. The van der Waals surface area contributed by atoms with Crippen LogP contribution in [0.2, 0.25) is 0 Å². The molecule has 0 radical (unpaired) electrons. The van der Waals surface area contributed by atoms with Crippen molar-refractivity contribution in [3.8, 4) is 0 Å². The van der Waals surface area contributed by atoms with Gasteiger partial charge in [0.2, 0.25) is 11.8 Å². The van der Waals surface area contributed by atoms with Crippen molar-refractivity contribution in [3.05, 3.63) is 29.6 Å². The highest BCUT2D eigenvalue weighted by Crippen LogP contribution is 2.34. The van der Waals surface area contributed by atoms with Crippen LogP contribution in [-0.2, 0) is 9.59 Å². The second-order valence-electron chi connectivity index (χ2n) is 6.07. The molecule has 1 aromatic carbocycles. The molecule has 0 bridgehead atoms. The molecule has 1 unspecified atom stereocenters. The largest absolute Gasteiger partial charge is 0.342 e. The molecule has 0 aromatic heterocycles. The quantitative estimate of drug-likeness (QED) is 0.833. The second-order valence-corrected chi connectivity index (χ2v) is 6.07. The molecule has 23 heavy (non-hydrogen) atoms. The van der Waals surface area contributed by atoms with Gasteiger partial charge in [-0.15, -0.1) is 0 Å². The zero-order chi connectivity index (χ0) is 16.8. The van der Waals surface area contributed by atoms with Crippen LogP contribution in [0.25, 0.3) is 0 Å². The molecule has 1 heterocycles. The maximum atomic E-state index is 13.4. The van der Waals surface area contributed by atoms with Crippen molar-refractivity contribution in [3.63, 3.8) is 0 Å². The number of carbonyl (C=O) groups is 2. The highest BCUT2D eigenvalue weighted by molar-refractivity contribution is 6.01. The van der Waals surface area contributed by atoms with Gasteiger partial charge in [0.25, 0.3) is 0 Å². The summed E-state index contributed by atoms with van der Waals surface area (Å²) in [4.78, 5) is 26.7. The van der Waals surface area contributed by atoms with Crippen LogP contribution in [-0.4, -0.2) is 29.8 Å². The van der Waals surface area contributed by atoms with Gasteiger partial charge in [-0.25, -0.2) is 4.39 Å². The number of nitrogens with zero attached hydrogens (tertiary/aromatic N) is 1. The lowest BCUT2D eigenvalue weighted by atomic mass is 9.89. The van der Waals surface area contributed by atoms with Crippen LogP contribution in [0.3, 0.4) is 0 Å².